The Labute approximate surface area is 249 Å². The van der Waals surface area contributed by atoms with Gasteiger partial charge in [-0.25, -0.2) is 19.0 Å². The molecule has 3 rings (SSSR count). The van der Waals surface area contributed by atoms with Crippen molar-refractivity contribution in [1.29, 1.82) is 0 Å². The first-order chi connectivity index (χ1) is 18.1. The Morgan fingerprint density at radius 2 is 1.90 bits per heavy atom. The minimum Gasteiger partial charge on any atom is -1.00 e. The van der Waals surface area contributed by atoms with Crippen LogP contribution in [0.4, 0.5) is 9.18 Å². The normalized spacial score (nSPS) is 12.5. The molecule has 0 aliphatic carbocycles. The molecule has 0 fully saturated rings. The molecule has 3 aromatic rings. The summed E-state index contributed by atoms with van der Waals surface area (Å²) in [5, 5.41) is 12.6. The molecule has 2 heterocycles. The summed E-state index contributed by atoms with van der Waals surface area (Å²) < 4.78 is 33.9. The number of benzene rings is 1. The molecule has 0 saturated carbocycles. The van der Waals surface area contributed by atoms with E-state index in [2.05, 4.69) is 29.9 Å². The fourth-order valence-corrected chi connectivity index (χ4v) is 4.62. The smallest absolute Gasteiger partial charge is 1.00 e. The van der Waals surface area contributed by atoms with Crippen molar-refractivity contribution in [3.8, 4) is 11.5 Å². The van der Waals surface area contributed by atoms with E-state index < -0.39 is 37.6 Å². The summed E-state index contributed by atoms with van der Waals surface area (Å²) in [6.07, 6.45) is 2.54. The molecule has 2 aromatic heterocycles. The van der Waals surface area contributed by atoms with Crippen LogP contribution in [0.3, 0.4) is 0 Å². The maximum Gasteiger partial charge on any atom is 1.00 e. The van der Waals surface area contributed by atoms with Gasteiger partial charge in [0.05, 0.1) is 5.39 Å². The van der Waals surface area contributed by atoms with E-state index in [0.29, 0.717) is 30.3 Å². The van der Waals surface area contributed by atoms with Gasteiger partial charge in [-0.3, -0.25) is 0 Å². The Bertz CT molecular complexity index is 1340. The zero-order chi connectivity index (χ0) is 29.0. The predicted octanol–water partition coefficient (Wildman–Crippen LogP) is 3.23. The Hall–Kier alpha value is -2.85. The molecule has 0 aliphatic rings. The van der Waals surface area contributed by atoms with E-state index in [-0.39, 0.29) is 32.5 Å². The van der Waals surface area contributed by atoms with Gasteiger partial charge in [0.2, 0.25) is 0 Å². The van der Waals surface area contributed by atoms with E-state index in [9.17, 15) is 14.7 Å². The fourth-order valence-electron chi connectivity index (χ4n) is 3.86. The van der Waals surface area contributed by atoms with E-state index in [0.717, 1.165) is 17.0 Å². The maximum atomic E-state index is 15.1. The van der Waals surface area contributed by atoms with Crippen LogP contribution in [-0.2, 0) is 27.4 Å². The van der Waals surface area contributed by atoms with Crippen molar-refractivity contribution < 1.29 is 53.6 Å². The first kappa shape index (κ1) is 33.4. The number of hydrogen-bond acceptors (Lipinski definition) is 6. The number of aromatic nitrogens is 2. The molecule has 1 unspecified atom stereocenters. The average Bonchev–Trinajstić information content (AvgIpc) is 3.12. The van der Waals surface area contributed by atoms with Crippen molar-refractivity contribution in [3.63, 3.8) is 0 Å². The number of fused-ring (bicyclic) bond motifs is 1. The van der Waals surface area contributed by atoms with Crippen LogP contribution in [0.2, 0.25) is 25.7 Å². The van der Waals surface area contributed by atoms with Crippen LogP contribution in [0.25, 0.3) is 11.0 Å². The van der Waals surface area contributed by atoms with Crippen LogP contribution in [0.5, 0.6) is 11.5 Å². The molecule has 214 valence electrons. The molecular weight excluding hydrogens is 528 g/mol. The van der Waals surface area contributed by atoms with Gasteiger partial charge in [0.25, 0.3) is 0 Å². The molecule has 0 aliphatic heterocycles. The van der Waals surface area contributed by atoms with Crippen molar-refractivity contribution in [2.75, 3.05) is 6.61 Å². The molecule has 2 N–H and O–H groups in total. The second kappa shape index (κ2) is 13.7. The molecule has 12 heteroatoms. The van der Waals surface area contributed by atoms with Gasteiger partial charge in [0, 0.05) is 33.5 Å². The molecule has 1 atom stereocenters. The number of aliphatic carboxylic acids is 1. The zero-order valence-electron chi connectivity index (χ0n) is 25.6. The van der Waals surface area contributed by atoms with Gasteiger partial charge in [-0.05, 0) is 63.1 Å². The molecule has 0 spiro atoms. The number of aryl methyl sites for hydroxylation is 1. The van der Waals surface area contributed by atoms with Crippen LogP contribution in [-0.4, -0.2) is 53.0 Å². The van der Waals surface area contributed by atoms with Gasteiger partial charge < -0.3 is 30.6 Å². The largest absolute Gasteiger partial charge is 1.00 e. The van der Waals surface area contributed by atoms with Crippen LogP contribution >= 0.6 is 0 Å². The summed E-state index contributed by atoms with van der Waals surface area (Å²) >= 11 is 0. The van der Waals surface area contributed by atoms with Crippen molar-refractivity contribution in [2.45, 2.75) is 78.2 Å². The topological polar surface area (TPSA) is 112 Å². The van der Waals surface area contributed by atoms with Gasteiger partial charge >= 0.3 is 30.9 Å². The molecule has 0 saturated heterocycles. The Kier molecular flexibility index (Phi) is 11.4. The first-order valence-corrected chi connectivity index (χ1v) is 16.5. The third kappa shape index (κ3) is 9.66. The minimum absolute atomic E-state index is 0. The number of carboxylic acid groups (broad SMARTS) is 1. The molecular formula is C28H39FLiN3O6Si. The third-order valence-corrected chi connectivity index (χ3v) is 7.48. The van der Waals surface area contributed by atoms with Crippen molar-refractivity contribution >= 4 is 31.2 Å². The minimum atomic E-state index is -1.29. The number of alkyl carbamates (subject to hydrolysis) is 1. The van der Waals surface area contributed by atoms with Crippen LogP contribution in [0.15, 0.2) is 36.7 Å². The van der Waals surface area contributed by atoms with Gasteiger partial charge in [-0.2, -0.15) is 0 Å². The summed E-state index contributed by atoms with van der Waals surface area (Å²) in [4.78, 5) is 28.2. The molecule has 1 amide bonds. The number of halogens is 1. The number of amides is 1. The molecule has 40 heavy (non-hydrogen) atoms. The maximum absolute atomic E-state index is 15.1. The van der Waals surface area contributed by atoms with Crippen molar-refractivity contribution in [1.82, 2.24) is 14.9 Å². The first-order valence-electron chi connectivity index (χ1n) is 12.8. The second-order valence-corrected chi connectivity index (χ2v) is 17.4. The number of pyridine rings is 1. The quantitative estimate of drug-likeness (QED) is 0.270. The number of nitrogens with one attached hydrogen (secondary N) is 1. The number of carbonyl (C=O) groups excluding carboxylic acids is 1. The predicted molar refractivity (Wildman–Crippen MR) is 151 cm³/mol. The fraction of sp³-hybridized carbons (Fsp3) is 0.464. The number of rotatable bonds is 11. The van der Waals surface area contributed by atoms with Crippen molar-refractivity contribution in [2.24, 2.45) is 0 Å². The number of nitrogens with zero attached hydrogens (tertiary/aromatic N) is 2. The standard InChI is InChI=1S/C28H38FN3O6Si.Li.H/c1-18-16-32(17-36-12-13-39(5,6)7)25-24(18)23(10-11-30-25)37-22-9-8-19(14-20(22)29)15-21(26(33)34)31-27(35)38-28(2,3)4;;/h8-11,14,16,21H,12-13,15,17H2,1-7H3,(H,31,35)(H,33,34);;/q;+1;-1. The summed E-state index contributed by atoms with van der Waals surface area (Å²) in [5.41, 5.74) is 1.18. The summed E-state index contributed by atoms with van der Waals surface area (Å²) in [6, 6.07) is 5.64. The summed E-state index contributed by atoms with van der Waals surface area (Å²) in [6.45, 7) is 14.9. The second-order valence-electron chi connectivity index (χ2n) is 11.7. The van der Waals surface area contributed by atoms with E-state index in [1.807, 2.05) is 17.7 Å². The number of carbonyl (C=O) groups is 2. The number of hydrogen-bond donors (Lipinski definition) is 2. The van der Waals surface area contributed by atoms with Crippen LogP contribution in [0.1, 0.15) is 33.3 Å². The number of ether oxygens (including phenoxy) is 3. The van der Waals surface area contributed by atoms with E-state index >= 15 is 4.39 Å². The zero-order valence-corrected chi connectivity index (χ0v) is 25.6. The SMILES string of the molecule is Cc1cn(COCC[Si](C)(C)C)c2nccc(Oc3ccc(CC(NC(=O)OC(C)(C)C)C(=O)O)cc3F)c12.[H-].[Li+]. The van der Waals surface area contributed by atoms with E-state index in [1.54, 1.807) is 39.1 Å². The molecule has 1 aromatic carbocycles. The Balaban J connectivity index is 0.00000420. The monoisotopic (exact) mass is 567 g/mol. The molecule has 0 bridgehead atoms. The Morgan fingerprint density at radius 1 is 1.20 bits per heavy atom. The number of carboxylic acids is 1. The van der Waals surface area contributed by atoms with Gasteiger partial charge in [0.15, 0.2) is 11.6 Å². The molecule has 9 nitrogen and oxygen atoms in total. The van der Waals surface area contributed by atoms with Gasteiger partial charge in [-0.1, -0.05) is 25.7 Å². The Morgan fingerprint density at radius 3 is 2.50 bits per heavy atom. The van der Waals surface area contributed by atoms with Crippen molar-refractivity contribution in [3.05, 3.63) is 53.6 Å². The third-order valence-electron chi connectivity index (χ3n) is 5.78. The summed E-state index contributed by atoms with van der Waals surface area (Å²) in [5.74, 6) is -1.49. The van der Waals surface area contributed by atoms with Crippen LogP contribution < -0.4 is 28.9 Å². The molecule has 0 radical (unpaired) electrons. The van der Waals surface area contributed by atoms with E-state index in [4.69, 9.17) is 14.2 Å². The van der Waals surface area contributed by atoms with Gasteiger partial charge in [0.1, 0.15) is 29.8 Å². The average molecular weight is 568 g/mol. The van der Waals surface area contributed by atoms with Gasteiger partial charge in [-0.15, -0.1) is 0 Å². The summed E-state index contributed by atoms with van der Waals surface area (Å²) in [7, 11) is -1.20. The van der Waals surface area contributed by atoms with E-state index in [1.165, 1.54) is 12.1 Å². The van der Waals surface area contributed by atoms with Crippen LogP contribution in [0, 0.1) is 12.7 Å².